The second kappa shape index (κ2) is 5.77. The molecule has 0 bridgehead atoms. The number of carbonyl (C=O) groups excluding carboxylic acids is 1. The molecule has 3 N–H and O–H groups in total. The summed E-state index contributed by atoms with van der Waals surface area (Å²) in [4.78, 5) is 12.0. The van der Waals surface area contributed by atoms with Crippen LogP contribution in [-0.4, -0.2) is 27.8 Å². The number of halogens is 1. The quantitative estimate of drug-likeness (QED) is 0.848. The molecular formula is C12H19FN4O. The van der Waals surface area contributed by atoms with Crippen molar-refractivity contribution < 1.29 is 9.18 Å². The fraction of sp³-hybridized carbons (Fsp3) is 0.500. The molecule has 6 heteroatoms. The maximum atomic E-state index is 12.5. The number of carbonyl (C=O) groups is 1. The van der Waals surface area contributed by atoms with E-state index in [9.17, 15) is 9.18 Å². The number of rotatable bonds is 4. The van der Waals surface area contributed by atoms with Crippen LogP contribution in [0.2, 0.25) is 0 Å². The minimum absolute atomic E-state index is 0.0939. The highest BCUT2D eigenvalue weighted by molar-refractivity contribution is 5.92. The molecule has 0 aliphatic rings. The smallest absolute Gasteiger partial charge is 0.269 e. The number of aromatic nitrogens is 2. The molecule has 100 valence electrons. The van der Waals surface area contributed by atoms with E-state index in [0.29, 0.717) is 17.6 Å². The van der Waals surface area contributed by atoms with Crippen molar-refractivity contribution >= 4 is 5.91 Å². The zero-order valence-corrected chi connectivity index (χ0v) is 10.9. The van der Waals surface area contributed by atoms with E-state index in [-0.39, 0.29) is 24.5 Å². The number of hydrogen-bond donors (Lipinski definition) is 2. The van der Waals surface area contributed by atoms with Gasteiger partial charge in [0.15, 0.2) is 0 Å². The third kappa shape index (κ3) is 3.96. The fourth-order valence-electron chi connectivity index (χ4n) is 1.39. The minimum Gasteiger partial charge on any atom is -0.346 e. The van der Waals surface area contributed by atoms with E-state index in [1.54, 1.807) is 6.07 Å². The van der Waals surface area contributed by atoms with Gasteiger partial charge in [-0.1, -0.05) is 0 Å². The van der Waals surface area contributed by atoms with Crippen molar-refractivity contribution in [3.63, 3.8) is 0 Å². The van der Waals surface area contributed by atoms with Crippen molar-refractivity contribution in [1.29, 1.82) is 0 Å². The van der Waals surface area contributed by atoms with Crippen molar-refractivity contribution in [3.05, 3.63) is 29.9 Å². The van der Waals surface area contributed by atoms with Crippen LogP contribution in [0.5, 0.6) is 0 Å². The molecule has 0 aliphatic carbocycles. The lowest BCUT2D eigenvalue weighted by Crippen LogP contribution is -2.41. The van der Waals surface area contributed by atoms with E-state index in [1.165, 1.54) is 10.9 Å². The summed E-state index contributed by atoms with van der Waals surface area (Å²) in [5, 5.41) is 6.82. The Morgan fingerprint density at radius 3 is 2.78 bits per heavy atom. The average Bonchev–Trinajstić information content (AvgIpc) is 2.71. The zero-order chi connectivity index (χ0) is 13.8. The first-order chi connectivity index (χ1) is 8.37. The van der Waals surface area contributed by atoms with Crippen molar-refractivity contribution in [2.75, 3.05) is 6.54 Å². The van der Waals surface area contributed by atoms with Gasteiger partial charge in [-0.05, 0) is 32.4 Å². The Bertz CT molecular complexity index is 445. The molecule has 0 atom stereocenters. The maximum absolute atomic E-state index is 12.5. The molecule has 0 fully saturated rings. The number of nitrogens with zero attached hydrogens (tertiary/aromatic N) is 2. The van der Waals surface area contributed by atoms with Crippen LogP contribution in [0.15, 0.2) is 24.2 Å². The Labute approximate surface area is 106 Å². The third-order valence-electron chi connectivity index (χ3n) is 2.21. The summed E-state index contributed by atoms with van der Waals surface area (Å²) in [6.45, 7) is 5.93. The van der Waals surface area contributed by atoms with Crippen LogP contribution in [0.3, 0.4) is 0 Å². The second-order valence-electron chi connectivity index (χ2n) is 5.05. The Morgan fingerprint density at radius 2 is 2.28 bits per heavy atom. The van der Waals surface area contributed by atoms with E-state index in [2.05, 4.69) is 10.4 Å². The molecule has 1 aromatic rings. The zero-order valence-electron chi connectivity index (χ0n) is 10.9. The molecule has 0 saturated heterocycles. The van der Waals surface area contributed by atoms with Crippen molar-refractivity contribution in [3.8, 4) is 0 Å². The van der Waals surface area contributed by atoms with Crippen LogP contribution in [0.25, 0.3) is 0 Å². The van der Waals surface area contributed by atoms with E-state index < -0.39 is 0 Å². The molecule has 18 heavy (non-hydrogen) atoms. The van der Waals surface area contributed by atoms with E-state index in [0.717, 1.165) is 0 Å². The third-order valence-corrected chi connectivity index (χ3v) is 2.21. The molecule has 0 radical (unpaired) electrons. The first-order valence-corrected chi connectivity index (χ1v) is 5.70. The monoisotopic (exact) mass is 254 g/mol. The number of hydrogen-bond acceptors (Lipinski definition) is 3. The lowest BCUT2D eigenvalue weighted by molar-refractivity contribution is 0.0909. The molecule has 0 saturated carbocycles. The molecule has 0 aromatic carbocycles. The number of nitrogens with one attached hydrogen (secondary N) is 1. The standard InChI is InChI=1S/C12H19FN4O/c1-12(2,3)16-11(18)10-4-5-15-17(10)8-9(6-13)7-14/h4-6H,7-8,14H2,1-3H3,(H,16,18)/b9-6+. The molecule has 1 heterocycles. The molecular weight excluding hydrogens is 235 g/mol. The molecule has 5 nitrogen and oxygen atoms in total. The summed E-state index contributed by atoms with van der Waals surface area (Å²) in [5.41, 5.74) is 5.81. The van der Waals surface area contributed by atoms with Gasteiger partial charge in [-0.3, -0.25) is 9.48 Å². The fourth-order valence-corrected chi connectivity index (χ4v) is 1.39. The summed E-state index contributed by atoms with van der Waals surface area (Å²) >= 11 is 0. The molecule has 1 rings (SSSR count). The van der Waals surface area contributed by atoms with Crippen LogP contribution in [-0.2, 0) is 6.54 Å². The highest BCUT2D eigenvalue weighted by Crippen LogP contribution is 2.07. The van der Waals surface area contributed by atoms with Crippen LogP contribution in [0.4, 0.5) is 4.39 Å². The topological polar surface area (TPSA) is 72.9 Å². The Morgan fingerprint density at radius 1 is 1.61 bits per heavy atom. The van der Waals surface area contributed by atoms with Gasteiger partial charge >= 0.3 is 0 Å². The van der Waals surface area contributed by atoms with E-state index in [4.69, 9.17) is 5.73 Å². The summed E-state index contributed by atoms with van der Waals surface area (Å²) in [7, 11) is 0. The largest absolute Gasteiger partial charge is 0.346 e. The summed E-state index contributed by atoms with van der Waals surface area (Å²) in [5.74, 6) is -0.241. The first-order valence-electron chi connectivity index (χ1n) is 5.70. The van der Waals surface area contributed by atoms with Gasteiger partial charge in [0, 0.05) is 18.3 Å². The predicted octanol–water partition coefficient (Wildman–Crippen LogP) is 1.22. The van der Waals surface area contributed by atoms with Gasteiger partial charge in [-0.25, -0.2) is 4.39 Å². The lowest BCUT2D eigenvalue weighted by atomic mass is 10.1. The van der Waals surface area contributed by atoms with Crippen LogP contribution in [0.1, 0.15) is 31.3 Å². The van der Waals surface area contributed by atoms with Gasteiger partial charge in [-0.15, -0.1) is 0 Å². The number of nitrogens with two attached hydrogens (primary N) is 1. The summed E-state index contributed by atoms with van der Waals surface area (Å²) in [6, 6.07) is 1.59. The van der Waals surface area contributed by atoms with Crippen molar-refractivity contribution in [1.82, 2.24) is 15.1 Å². The Hall–Kier alpha value is -1.69. The molecule has 0 unspecified atom stereocenters. The van der Waals surface area contributed by atoms with E-state index >= 15 is 0 Å². The first kappa shape index (κ1) is 14.4. The molecule has 1 aromatic heterocycles. The van der Waals surface area contributed by atoms with Gasteiger partial charge < -0.3 is 11.1 Å². The normalized spacial score (nSPS) is 12.6. The van der Waals surface area contributed by atoms with Crippen molar-refractivity contribution in [2.45, 2.75) is 32.9 Å². The second-order valence-corrected chi connectivity index (χ2v) is 5.05. The average molecular weight is 254 g/mol. The molecule has 0 spiro atoms. The highest BCUT2D eigenvalue weighted by Gasteiger charge is 2.18. The Kier molecular flexibility index (Phi) is 4.61. The highest BCUT2D eigenvalue weighted by atomic mass is 19.1. The minimum atomic E-state index is -0.335. The van der Waals surface area contributed by atoms with Gasteiger partial charge in [0.05, 0.1) is 12.9 Å². The van der Waals surface area contributed by atoms with Gasteiger partial charge in [-0.2, -0.15) is 5.10 Å². The summed E-state index contributed by atoms with van der Waals surface area (Å²) < 4.78 is 13.9. The number of amides is 1. The van der Waals surface area contributed by atoms with Gasteiger partial charge in [0.25, 0.3) is 5.91 Å². The van der Waals surface area contributed by atoms with Crippen LogP contribution < -0.4 is 11.1 Å². The Balaban J connectivity index is 2.86. The lowest BCUT2D eigenvalue weighted by Gasteiger charge is -2.20. The maximum Gasteiger partial charge on any atom is 0.269 e. The molecule has 1 amide bonds. The summed E-state index contributed by atoms with van der Waals surface area (Å²) in [6.07, 6.45) is 1.96. The van der Waals surface area contributed by atoms with Crippen LogP contribution in [0, 0.1) is 0 Å². The molecule has 0 aliphatic heterocycles. The SMILES string of the molecule is CC(C)(C)NC(=O)c1ccnn1C/C(=C/F)CN. The predicted molar refractivity (Wildman–Crippen MR) is 67.7 cm³/mol. The van der Waals surface area contributed by atoms with Gasteiger partial charge in [0.2, 0.25) is 0 Å². The van der Waals surface area contributed by atoms with Crippen molar-refractivity contribution in [2.24, 2.45) is 5.73 Å². The van der Waals surface area contributed by atoms with E-state index in [1.807, 2.05) is 20.8 Å². The van der Waals surface area contributed by atoms with Gasteiger partial charge in [0.1, 0.15) is 5.69 Å². The van der Waals surface area contributed by atoms with Crippen LogP contribution >= 0.6 is 0 Å².